The minimum absolute atomic E-state index is 0. The van der Waals surface area contributed by atoms with E-state index < -0.39 is 25.5 Å². The van der Waals surface area contributed by atoms with Gasteiger partial charge in [0.25, 0.3) is 0 Å². The molecule has 8 rings (SSSR count). The van der Waals surface area contributed by atoms with Gasteiger partial charge >= 0.3 is 0 Å². The maximum atomic E-state index is 8.39. The molecule has 0 N–H and O–H groups in total. The largest absolute Gasteiger partial charge is 0.486 e. The minimum atomic E-state index is -2.28. The van der Waals surface area contributed by atoms with E-state index in [2.05, 4.69) is 52.2 Å². The Labute approximate surface area is 338 Å². The van der Waals surface area contributed by atoms with Crippen LogP contribution in [-0.2, 0) is 32.9 Å². The van der Waals surface area contributed by atoms with Crippen molar-refractivity contribution < 1.29 is 35.5 Å². The summed E-state index contributed by atoms with van der Waals surface area (Å²) in [6.45, 7) is 3.09. The number of rotatable bonds is 6. The third-order valence-electron chi connectivity index (χ3n) is 8.60. The predicted octanol–water partition coefficient (Wildman–Crippen LogP) is 12.2. The van der Waals surface area contributed by atoms with Crippen LogP contribution in [0.1, 0.15) is 65.2 Å². The molecule has 267 valence electrons. The Morgan fingerprint density at radius 2 is 1.53 bits per heavy atom. The van der Waals surface area contributed by atoms with Crippen molar-refractivity contribution in [2.75, 3.05) is 0 Å². The zero-order valence-corrected chi connectivity index (χ0v) is 32.3. The topological polar surface area (TPSA) is 51.8 Å². The van der Waals surface area contributed by atoms with Gasteiger partial charge in [0.15, 0.2) is 0 Å². The van der Waals surface area contributed by atoms with E-state index in [9.17, 15) is 0 Å². The molecule has 53 heavy (non-hydrogen) atoms. The maximum absolute atomic E-state index is 8.39. The second kappa shape index (κ2) is 16.2. The fourth-order valence-corrected chi connectivity index (χ4v) is 6.08. The van der Waals surface area contributed by atoms with Crippen LogP contribution in [0.3, 0.4) is 0 Å². The molecule has 0 aliphatic rings. The first-order chi connectivity index (χ1) is 28.3. The molecule has 0 atom stereocenters. The smallest absolute Gasteiger partial charge is 0.216 e. The van der Waals surface area contributed by atoms with E-state index in [0.717, 1.165) is 39.6 Å². The molecular formula is C48H43IrN3O-2. The first-order valence-electron chi connectivity index (χ1n) is 21.1. The summed E-state index contributed by atoms with van der Waals surface area (Å²) in [7, 11) is 0. The summed E-state index contributed by atoms with van der Waals surface area (Å²) in [5.74, 6) is 0. The minimum Gasteiger partial charge on any atom is -0.486 e. The number of pyridine rings is 3. The predicted molar refractivity (Wildman–Crippen MR) is 214 cm³/mol. The Balaban J connectivity index is 0.000000201. The van der Waals surface area contributed by atoms with E-state index in [0.29, 0.717) is 33.7 Å². The van der Waals surface area contributed by atoms with Crippen molar-refractivity contribution in [3.05, 3.63) is 173 Å². The van der Waals surface area contributed by atoms with E-state index >= 15 is 0 Å². The summed E-state index contributed by atoms with van der Waals surface area (Å²) in [4.78, 5) is 13.3. The van der Waals surface area contributed by atoms with Gasteiger partial charge in [-0.3, -0.25) is 0 Å². The van der Waals surface area contributed by atoms with E-state index in [1.807, 2.05) is 87.6 Å². The summed E-state index contributed by atoms with van der Waals surface area (Å²) in [6, 6.07) is 41.9. The van der Waals surface area contributed by atoms with Gasteiger partial charge in [-0.25, -0.2) is 4.98 Å². The Morgan fingerprint density at radius 1 is 0.755 bits per heavy atom. The van der Waals surface area contributed by atoms with Crippen LogP contribution in [0.2, 0.25) is 0 Å². The molecule has 0 amide bonds. The Morgan fingerprint density at radius 3 is 2.25 bits per heavy atom. The van der Waals surface area contributed by atoms with Gasteiger partial charge in [-0.1, -0.05) is 123 Å². The van der Waals surface area contributed by atoms with Crippen LogP contribution in [0, 0.1) is 38.2 Å². The fraction of sp³-hybridized carbons (Fsp3) is 0.188. The molecule has 8 aromatic rings. The van der Waals surface area contributed by atoms with E-state index in [1.54, 1.807) is 30.5 Å². The summed E-state index contributed by atoms with van der Waals surface area (Å²) in [6.07, 6.45) is 2.70. The van der Waals surface area contributed by atoms with Gasteiger partial charge in [-0.05, 0) is 83.3 Å². The second-order valence-corrected chi connectivity index (χ2v) is 13.8. The number of benzene rings is 4. The third kappa shape index (κ3) is 8.88. The molecule has 4 heterocycles. The first kappa shape index (κ1) is 28.3. The average molecular weight is 878 g/mol. The van der Waals surface area contributed by atoms with Crippen LogP contribution in [0.25, 0.3) is 55.7 Å². The fourth-order valence-electron chi connectivity index (χ4n) is 6.08. The van der Waals surface area contributed by atoms with Crippen LogP contribution >= 0.6 is 0 Å². The Hall–Kier alpha value is -5.22. The Kier molecular flexibility index (Phi) is 8.65. The molecule has 0 unspecified atom stereocenters. The van der Waals surface area contributed by atoms with Crippen LogP contribution < -0.4 is 0 Å². The van der Waals surface area contributed by atoms with Gasteiger partial charge < -0.3 is 14.4 Å². The molecule has 4 aromatic heterocycles. The zero-order chi connectivity index (χ0) is 43.0. The SMILES string of the molecule is [2H]C([2H])([2H])c1c[c-]c(-c2ccc(C([2H])([2H])C(C)(C)C)cn2)cc1-c1ccccc1.[2H]C([2H])([2H])c1ccc2c(n1)oc1c(-c3cc(Cc4ccccc4)c(C)cn3)[c-]ccc12.[Ir]. The third-order valence-corrected chi connectivity index (χ3v) is 8.60. The summed E-state index contributed by atoms with van der Waals surface area (Å²) >= 11 is 0. The average Bonchev–Trinajstić information content (AvgIpc) is 3.60. The number of furan rings is 1. The molecule has 0 aliphatic carbocycles. The van der Waals surface area contributed by atoms with Gasteiger partial charge in [0.05, 0.1) is 5.58 Å². The summed E-state index contributed by atoms with van der Waals surface area (Å²) in [5.41, 5.74) is 8.87. The van der Waals surface area contributed by atoms with Crippen molar-refractivity contribution >= 4 is 22.1 Å². The molecule has 0 aliphatic heterocycles. The summed E-state index contributed by atoms with van der Waals surface area (Å²) in [5, 5.41) is 1.63. The van der Waals surface area contributed by atoms with Crippen molar-refractivity contribution in [2.24, 2.45) is 5.41 Å². The first-order valence-corrected chi connectivity index (χ1v) is 17.1. The molecule has 0 bridgehead atoms. The van der Waals surface area contributed by atoms with Crippen LogP contribution in [0.5, 0.6) is 0 Å². The molecule has 0 saturated carbocycles. The maximum Gasteiger partial charge on any atom is 0.216 e. The van der Waals surface area contributed by atoms with Gasteiger partial charge in [0.2, 0.25) is 5.71 Å². The van der Waals surface area contributed by atoms with Gasteiger partial charge in [0.1, 0.15) is 0 Å². The second-order valence-electron chi connectivity index (χ2n) is 13.8. The zero-order valence-electron chi connectivity index (χ0n) is 37.9. The van der Waals surface area contributed by atoms with E-state index in [4.69, 9.17) is 15.4 Å². The van der Waals surface area contributed by atoms with Gasteiger partial charge in [-0.2, -0.15) is 0 Å². The van der Waals surface area contributed by atoms with Gasteiger partial charge in [-0.15, -0.1) is 47.5 Å². The van der Waals surface area contributed by atoms with Crippen molar-refractivity contribution in [2.45, 2.75) is 54.2 Å². The molecule has 0 fully saturated rings. The van der Waals surface area contributed by atoms with Crippen LogP contribution in [0.4, 0.5) is 0 Å². The van der Waals surface area contributed by atoms with E-state index in [1.165, 1.54) is 23.3 Å². The number of aryl methyl sites for hydroxylation is 3. The van der Waals surface area contributed by atoms with Crippen LogP contribution in [-0.4, -0.2) is 15.0 Å². The number of hydrogen-bond acceptors (Lipinski definition) is 4. The molecule has 1 radical (unpaired) electrons. The normalized spacial score (nSPS) is 14.2. The number of aromatic nitrogens is 3. The molecule has 5 heteroatoms. The van der Waals surface area contributed by atoms with Crippen molar-refractivity contribution in [1.82, 2.24) is 15.0 Å². The monoisotopic (exact) mass is 878 g/mol. The van der Waals surface area contributed by atoms with Crippen molar-refractivity contribution in [3.63, 3.8) is 0 Å². The summed E-state index contributed by atoms with van der Waals surface area (Å²) < 4.78 is 69.2. The molecular weight excluding hydrogens is 827 g/mol. The van der Waals surface area contributed by atoms with Crippen LogP contribution in [0.15, 0.2) is 132 Å². The number of nitrogens with zero attached hydrogens (tertiary/aromatic N) is 3. The van der Waals surface area contributed by atoms with Crippen molar-refractivity contribution in [3.8, 4) is 33.6 Å². The molecule has 4 aromatic carbocycles. The van der Waals surface area contributed by atoms with Gasteiger partial charge in [0, 0.05) is 54.5 Å². The molecule has 4 nitrogen and oxygen atoms in total. The molecule has 0 spiro atoms. The standard InChI is InChI=1S/C25H19N2O.C23H24N.Ir/c1-16-15-26-23(14-19(16)13-18-7-4-3-5-8-18)22-10-6-9-20-21-12-11-17(2)27-25(21)28-24(20)22;1-17-10-12-20(14-21(17)19-8-6-5-7-9-19)22-13-11-18(16-24-22)15-23(2,3)4;/h3-9,11-12,14-15H,13H2,1-2H3;5-11,13-14,16H,15H2,1-4H3;/q2*-1;/i2D3;1D3,15D2;. The Bertz CT molecular complexity index is 2780. The molecule has 0 saturated heterocycles. The van der Waals surface area contributed by atoms with Crippen molar-refractivity contribution in [1.29, 1.82) is 0 Å². The quantitative estimate of drug-likeness (QED) is 0.156. The number of fused-ring (bicyclic) bond motifs is 3. The number of hydrogen-bond donors (Lipinski definition) is 0. The van der Waals surface area contributed by atoms with E-state index in [-0.39, 0.29) is 31.4 Å².